The lowest BCUT2D eigenvalue weighted by molar-refractivity contribution is -0.119. The van der Waals surface area contributed by atoms with Crippen molar-refractivity contribution >= 4 is 46.4 Å². The first-order chi connectivity index (χ1) is 19.1. The van der Waals surface area contributed by atoms with Crippen LogP contribution < -0.4 is 19.7 Å². The Hall–Kier alpha value is -4.08. The fourth-order valence-corrected chi connectivity index (χ4v) is 5.98. The molecule has 0 fully saturated rings. The maximum atomic E-state index is 15.4. The summed E-state index contributed by atoms with van der Waals surface area (Å²) in [5.41, 5.74) is -0.198. The third-order valence-corrected chi connectivity index (χ3v) is 7.73. The van der Waals surface area contributed by atoms with Crippen molar-refractivity contribution in [2.45, 2.75) is 25.4 Å². The number of fused-ring (bicyclic) bond motifs is 4. The van der Waals surface area contributed by atoms with Crippen molar-refractivity contribution in [3.63, 3.8) is 0 Å². The Balaban J connectivity index is 1.73. The van der Waals surface area contributed by atoms with Crippen molar-refractivity contribution in [3.8, 4) is 22.9 Å². The van der Waals surface area contributed by atoms with Gasteiger partial charge in [0.2, 0.25) is 0 Å². The Morgan fingerprint density at radius 2 is 1.70 bits per heavy atom. The molecule has 3 aromatic carbocycles. The summed E-state index contributed by atoms with van der Waals surface area (Å²) in [4.78, 5) is 34.4. The minimum Gasteiger partial charge on any atom is -0.497 e. The third-order valence-electron chi connectivity index (χ3n) is 7.26. The first kappa shape index (κ1) is 26.2. The molecule has 1 spiro atoms. The molecule has 0 unspecified atom stereocenters. The van der Waals surface area contributed by atoms with Gasteiger partial charge < -0.3 is 19.4 Å². The zero-order valence-corrected chi connectivity index (χ0v) is 23.4. The number of nitrogens with zero attached hydrogens (tertiary/aromatic N) is 3. The van der Waals surface area contributed by atoms with Crippen molar-refractivity contribution in [1.82, 2.24) is 9.55 Å². The van der Waals surface area contributed by atoms with Crippen LogP contribution in [-0.4, -0.2) is 35.6 Å². The van der Waals surface area contributed by atoms with Gasteiger partial charge in [0.1, 0.15) is 23.1 Å². The molecule has 8 nitrogen and oxygen atoms in total. The number of aromatic nitrogens is 2. The predicted molar refractivity (Wildman–Crippen MR) is 150 cm³/mol. The number of carbonyl (C=O) groups excluding carboxylic acids is 2. The first-order valence-electron chi connectivity index (χ1n) is 12.4. The Kier molecular flexibility index (Phi) is 6.05. The molecule has 0 saturated heterocycles. The molecule has 1 aromatic heterocycles. The number of methoxy groups -OCH3 is 2. The number of hydrogen-bond acceptors (Lipinski definition) is 5. The number of ether oxygens (including phenoxy) is 2. The van der Waals surface area contributed by atoms with Gasteiger partial charge in [-0.1, -0.05) is 29.3 Å². The zero-order chi connectivity index (χ0) is 28.5. The molecule has 0 aliphatic carbocycles. The number of amides is 2. The van der Waals surface area contributed by atoms with E-state index in [0.29, 0.717) is 44.9 Å². The first-order valence-corrected chi connectivity index (χ1v) is 13.1. The molecule has 2 amide bonds. The second-order valence-corrected chi connectivity index (χ2v) is 10.6. The van der Waals surface area contributed by atoms with Crippen LogP contribution in [0.2, 0.25) is 10.0 Å². The van der Waals surface area contributed by atoms with E-state index in [1.807, 2.05) is 18.4 Å². The van der Waals surface area contributed by atoms with Crippen LogP contribution in [0.4, 0.5) is 15.8 Å². The van der Waals surface area contributed by atoms with E-state index in [1.165, 1.54) is 19.2 Å². The van der Waals surface area contributed by atoms with Gasteiger partial charge in [-0.25, -0.2) is 9.37 Å². The summed E-state index contributed by atoms with van der Waals surface area (Å²) in [6.07, 6.45) is 0. The smallest absolute Gasteiger partial charge is 0.280 e. The maximum Gasteiger partial charge on any atom is 0.280 e. The monoisotopic (exact) mass is 580 g/mol. The predicted octanol–water partition coefficient (Wildman–Crippen LogP) is 6.45. The van der Waals surface area contributed by atoms with Crippen molar-refractivity contribution < 1.29 is 23.5 Å². The lowest BCUT2D eigenvalue weighted by Crippen LogP contribution is -2.51. The van der Waals surface area contributed by atoms with Crippen LogP contribution in [0.25, 0.3) is 11.4 Å². The van der Waals surface area contributed by atoms with Gasteiger partial charge in [-0.15, -0.1) is 0 Å². The highest BCUT2D eigenvalue weighted by atomic mass is 35.5. The van der Waals surface area contributed by atoms with Gasteiger partial charge in [-0.2, -0.15) is 0 Å². The lowest BCUT2D eigenvalue weighted by Gasteiger charge is -2.36. The van der Waals surface area contributed by atoms with Crippen LogP contribution in [0.5, 0.6) is 11.5 Å². The number of halogens is 3. The second kappa shape index (κ2) is 9.25. The van der Waals surface area contributed by atoms with Gasteiger partial charge in [0.05, 0.1) is 31.2 Å². The molecular formula is C29H23Cl2FN4O4. The number of imidazole rings is 1. The molecule has 6 rings (SSSR count). The molecule has 3 heterocycles. The third kappa shape index (κ3) is 3.47. The summed E-state index contributed by atoms with van der Waals surface area (Å²) in [6, 6.07) is 13.7. The molecule has 0 radical (unpaired) electrons. The number of anilines is 2. The quantitative estimate of drug-likeness (QED) is 0.293. The number of benzene rings is 3. The normalized spacial score (nSPS) is 17.4. The summed E-state index contributed by atoms with van der Waals surface area (Å²) >= 11 is 12.5. The Bertz CT molecular complexity index is 1740. The molecule has 1 atom stereocenters. The summed E-state index contributed by atoms with van der Waals surface area (Å²) in [5.74, 6) is -0.466. The Labute approximate surface area is 239 Å². The highest BCUT2D eigenvalue weighted by Gasteiger charge is 2.64. The average Bonchev–Trinajstić information content (AvgIpc) is 3.53. The van der Waals surface area contributed by atoms with Crippen molar-refractivity contribution in [3.05, 3.63) is 87.4 Å². The van der Waals surface area contributed by atoms with Crippen molar-refractivity contribution in [2.24, 2.45) is 0 Å². The van der Waals surface area contributed by atoms with Crippen LogP contribution in [0, 0.1) is 5.82 Å². The summed E-state index contributed by atoms with van der Waals surface area (Å²) < 4.78 is 28.3. The molecule has 2 aliphatic heterocycles. The van der Waals surface area contributed by atoms with Crippen LogP contribution in [0.1, 0.15) is 41.6 Å². The minimum absolute atomic E-state index is 0.0129. The van der Waals surface area contributed by atoms with E-state index in [9.17, 15) is 9.59 Å². The van der Waals surface area contributed by atoms with Crippen molar-refractivity contribution in [2.75, 3.05) is 24.4 Å². The van der Waals surface area contributed by atoms with E-state index in [4.69, 9.17) is 37.7 Å². The molecule has 4 aromatic rings. The number of nitrogens with one attached hydrogen (secondary N) is 1. The molecule has 0 saturated carbocycles. The zero-order valence-electron chi connectivity index (χ0n) is 21.9. The van der Waals surface area contributed by atoms with Gasteiger partial charge in [-0.05, 0) is 56.3 Å². The summed E-state index contributed by atoms with van der Waals surface area (Å²) in [6.45, 7) is 3.83. The fourth-order valence-electron chi connectivity index (χ4n) is 5.64. The van der Waals surface area contributed by atoms with E-state index in [1.54, 1.807) is 43.5 Å². The lowest BCUT2D eigenvalue weighted by atomic mass is 9.87. The summed E-state index contributed by atoms with van der Waals surface area (Å²) in [5, 5.41) is 3.46. The molecule has 0 bridgehead atoms. The maximum absolute atomic E-state index is 15.4. The average molecular weight is 581 g/mol. The van der Waals surface area contributed by atoms with Gasteiger partial charge in [0.25, 0.3) is 11.8 Å². The van der Waals surface area contributed by atoms with Crippen LogP contribution >= 0.6 is 23.2 Å². The molecular weight excluding hydrogens is 558 g/mol. The topological polar surface area (TPSA) is 85.7 Å². The van der Waals surface area contributed by atoms with E-state index >= 15 is 4.39 Å². The molecule has 1 N–H and O–H groups in total. The standard InChI is InChI=1S/C29H23Cl2FN4O4/c1-14(2)35-25-24(34-26(35)18-8-7-17(39-3)13-23(18)40-4)27(37)36(22-12-16(31)6-10-20(22)32)29(25)19-9-5-15(30)11-21(19)33-28(29)38/h5-14H,1-4H3,(H,33,38)/t29-/m0/s1. The summed E-state index contributed by atoms with van der Waals surface area (Å²) in [7, 11) is 3.07. The van der Waals surface area contributed by atoms with Gasteiger partial charge in [-0.3, -0.25) is 14.5 Å². The Morgan fingerprint density at radius 1 is 0.975 bits per heavy atom. The SMILES string of the molecule is COc1ccc(-c2nc3c(n2C(C)C)[C@@]2(C(=O)Nc4cc(Cl)ccc42)N(c2cc(Cl)ccc2F)C3=O)c(OC)c1. The minimum atomic E-state index is -1.80. The van der Waals surface area contributed by atoms with Crippen LogP contribution in [0.15, 0.2) is 54.6 Å². The molecule has 2 aliphatic rings. The largest absolute Gasteiger partial charge is 0.497 e. The van der Waals surface area contributed by atoms with Gasteiger partial charge in [0, 0.05) is 33.4 Å². The van der Waals surface area contributed by atoms with E-state index < -0.39 is 23.2 Å². The highest BCUT2D eigenvalue weighted by molar-refractivity contribution is 6.32. The van der Waals surface area contributed by atoms with Gasteiger partial charge in [0.15, 0.2) is 11.2 Å². The molecule has 204 valence electrons. The van der Waals surface area contributed by atoms with Crippen LogP contribution in [0.3, 0.4) is 0 Å². The Morgan fingerprint density at radius 3 is 2.40 bits per heavy atom. The number of hydrogen-bond donors (Lipinski definition) is 1. The van der Waals surface area contributed by atoms with E-state index in [-0.39, 0.29) is 22.4 Å². The fraction of sp³-hybridized carbons (Fsp3) is 0.207. The highest BCUT2D eigenvalue weighted by Crippen LogP contribution is 2.55. The molecule has 40 heavy (non-hydrogen) atoms. The van der Waals surface area contributed by atoms with E-state index in [0.717, 1.165) is 11.0 Å². The van der Waals surface area contributed by atoms with Crippen LogP contribution in [-0.2, 0) is 10.3 Å². The van der Waals surface area contributed by atoms with E-state index in [2.05, 4.69) is 5.32 Å². The number of carbonyl (C=O) groups is 2. The second-order valence-electron chi connectivity index (χ2n) is 9.75. The number of rotatable bonds is 5. The van der Waals surface area contributed by atoms with Gasteiger partial charge >= 0.3 is 0 Å². The van der Waals surface area contributed by atoms with Crippen molar-refractivity contribution in [1.29, 1.82) is 0 Å². The molecule has 11 heteroatoms.